The number of aromatic nitrogens is 1. The fourth-order valence-corrected chi connectivity index (χ4v) is 1.79. The summed E-state index contributed by atoms with van der Waals surface area (Å²) in [5, 5.41) is 3.10. The van der Waals surface area contributed by atoms with Gasteiger partial charge in [-0.25, -0.2) is 4.98 Å². The molecule has 1 N–H and O–H groups in total. The summed E-state index contributed by atoms with van der Waals surface area (Å²) < 4.78 is 5.23. The van der Waals surface area contributed by atoms with Gasteiger partial charge in [0.1, 0.15) is 5.82 Å². The SMILES string of the molecule is CCNc1cc(C(=O)N2CCOCC2)ccn1. The average Bonchev–Trinajstić information content (AvgIpc) is 2.40. The van der Waals surface area contributed by atoms with Crippen molar-refractivity contribution in [3.8, 4) is 0 Å². The Morgan fingerprint density at radius 2 is 2.29 bits per heavy atom. The van der Waals surface area contributed by atoms with Crippen LogP contribution in [0.3, 0.4) is 0 Å². The van der Waals surface area contributed by atoms with E-state index in [-0.39, 0.29) is 5.91 Å². The highest BCUT2D eigenvalue weighted by molar-refractivity contribution is 5.94. The van der Waals surface area contributed by atoms with Crippen LogP contribution in [0.25, 0.3) is 0 Å². The van der Waals surface area contributed by atoms with E-state index in [0.29, 0.717) is 31.9 Å². The second kappa shape index (κ2) is 5.63. The van der Waals surface area contributed by atoms with Crippen LogP contribution in [0.1, 0.15) is 17.3 Å². The summed E-state index contributed by atoms with van der Waals surface area (Å²) in [5.74, 6) is 0.793. The van der Waals surface area contributed by atoms with Crippen LogP contribution in [-0.4, -0.2) is 48.6 Å². The third-order valence-electron chi connectivity index (χ3n) is 2.66. The number of pyridine rings is 1. The molecule has 1 saturated heterocycles. The van der Waals surface area contributed by atoms with Crippen molar-refractivity contribution in [2.24, 2.45) is 0 Å². The van der Waals surface area contributed by atoms with Crippen LogP contribution in [0, 0.1) is 0 Å². The van der Waals surface area contributed by atoms with Gasteiger partial charge in [-0.2, -0.15) is 0 Å². The zero-order valence-corrected chi connectivity index (χ0v) is 9.98. The summed E-state index contributed by atoms with van der Waals surface area (Å²) in [6.45, 7) is 5.36. The summed E-state index contributed by atoms with van der Waals surface area (Å²) in [4.78, 5) is 18.1. The van der Waals surface area contributed by atoms with Crippen molar-refractivity contribution in [2.75, 3.05) is 38.2 Å². The van der Waals surface area contributed by atoms with Crippen molar-refractivity contribution in [1.29, 1.82) is 0 Å². The average molecular weight is 235 g/mol. The summed E-state index contributed by atoms with van der Waals surface area (Å²) in [6, 6.07) is 3.54. The molecule has 1 fully saturated rings. The van der Waals surface area contributed by atoms with Crippen LogP contribution in [-0.2, 0) is 4.74 Å². The molecule has 0 aromatic carbocycles. The minimum atomic E-state index is 0.0508. The third kappa shape index (κ3) is 2.94. The van der Waals surface area contributed by atoms with Crippen LogP contribution >= 0.6 is 0 Å². The largest absolute Gasteiger partial charge is 0.378 e. The first-order valence-electron chi connectivity index (χ1n) is 5.88. The van der Waals surface area contributed by atoms with E-state index in [4.69, 9.17) is 4.74 Å². The van der Waals surface area contributed by atoms with Crippen molar-refractivity contribution >= 4 is 11.7 Å². The number of amides is 1. The number of carbonyl (C=O) groups excluding carboxylic acids is 1. The fraction of sp³-hybridized carbons (Fsp3) is 0.500. The number of anilines is 1. The highest BCUT2D eigenvalue weighted by atomic mass is 16.5. The maximum absolute atomic E-state index is 12.2. The highest BCUT2D eigenvalue weighted by Gasteiger charge is 2.18. The third-order valence-corrected chi connectivity index (χ3v) is 2.66. The topological polar surface area (TPSA) is 54.5 Å². The molecule has 1 aliphatic rings. The molecular formula is C12H17N3O2. The number of morpholine rings is 1. The molecule has 1 aromatic rings. The molecule has 5 heteroatoms. The molecule has 0 bridgehead atoms. The number of nitrogens with one attached hydrogen (secondary N) is 1. The first-order chi connectivity index (χ1) is 8.31. The van der Waals surface area contributed by atoms with Crippen LogP contribution < -0.4 is 5.32 Å². The molecule has 1 aliphatic heterocycles. The van der Waals surface area contributed by atoms with Crippen LogP contribution in [0.2, 0.25) is 0 Å². The van der Waals surface area contributed by atoms with Crippen molar-refractivity contribution in [2.45, 2.75) is 6.92 Å². The summed E-state index contributed by atoms with van der Waals surface area (Å²) >= 11 is 0. The second-order valence-electron chi connectivity index (χ2n) is 3.86. The van der Waals surface area contributed by atoms with Crippen LogP contribution in [0.15, 0.2) is 18.3 Å². The molecule has 2 rings (SSSR count). The monoisotopic (exact) mass is 235 g/mol. The lowest BCUT2D eigenvalue weighted by molar-refractivity contribution is 0.0303. The smallest absolute Gasteiger partial charge is 0.254 e. The molecule has 1 aromatic heterocycles. The molecule has 5 nitrogen and oxygen atoms in total. The van der Waals surface area contributed by atoms with Gasteiger partial charge in [0.15, 0.2) is 0 Å². The number of carbonyl (C=O) groups is 1. The molecule has 17 heavy (non-hydrogen) atoms. The van der Waals surface area contributed by atoms with E-state index in [9.17, 15) is 4.79 Å². The molecule has 0 spiro atoms. The molecule has 2 heterocycles. The van der Waals surface area contributed by atoms with Gasteiger partial charge in [-0.15, -0.1) is 0 Å². The van der Waals surface area contributed by atoms with E-state index in [2.05, 4.69) is 10.3 Å². The lowest BCUT2D eigenvalue weighted by Gasteiger charge is -2.26. The van der Waals surface area contributed by atoms with Gasteiger partial charge in [-0.05, 0) is 19.1 Å². The molecule has 0 atom stereocenters. The Kier molecular flexibility index (Phi) is 3.93. The quantitative estimate of drug-likeness (QED) is 0.848. The van der Waals surface area contributed by atoms with Crippen molar-refractivity contribution in [1.82, 2.24) is 9.88 Å². The van der Waals surface area contributed by atoms with Gasteiger partial charge in [0.2, 0.25) is 0 Å². The van der Waals surface area contributed by atoms with Gasteiger partial charge < -0.3 is 15.0 Å². The van der Waals surface area contributed by atoms with Gasteiger partial charge >= 0.3 is 0 Å². The second-order valence-corrected chi connectivity index (χ2v) is 3.86. The Labute approximate surface area is 101 Å². The number of hydrogen-bond acceptors (Lipinski definition) is 4. The number of ether oxygens (including phenoxy) is 1. The Balaban J connectivity index is 2.09. The molecule has 0 unspecified atom stereocenters. The molecular weight excluding hydrogens is 218 g/mol. The lowest BCUT2D eigenvalue weighted by atomic mass is 10.2. The Hall–Kier alpha value is -1.62. The standard InChI is InChI=1S/C12H17N3O2/c1-2-13-11-9-10(3-4-14-11)12(16)15-5-7-17-8-6-15/h3-4,9H,2,5-8H2,1H3,(H,13,14). The summed E-state index contributed by atoms with van der Waals surface area (Å²) in [5.41, 5.74) is 0.679. The van der Waals surface area contributed by atoms with E-state index in [0.717, 1.165) is 12.4 Å². The minimum absolute atomic E-state index is 0.0508. The fourth-order valence-electron chi connectivity index (χ4n) is 1.79. The van der Waals surface area contributed by atoms with Gasteiger partial charge in [0.05, 0.1) is 13.2 Å². The predicted molar refractivity (Wildman–Crippen MR) is 65.1 cm³/mol. The van der Waals surface area contributed by atoms with E-state index in [1.165, 1.54) is 0 Å². The van der Waals surface area contributed by atoms with Gasteiger partial charge in [0, 0.05) is 31.4 Å². The molecule has 1 amide bonds. The Bertz CT molecular complexity index is 389. The zero-order valence-electron chi connectivity index (χ0n) is 9.98. The van der Waals surface area contributed by atoms with Crippen LogP contribution in [0.5, 0.6) is 0 Å². The van der Waals surface area contributed by atoms with E-state index in [1.807, 2.05) is 11.8 Å². The number of nitrogens with zero attached hydrogens (tertiary/aromatic N) is 2. The van der Waals surface area contributed by atoms with E-state index >= 15 is 0 Å². The highest BCUT2D eigenvalue weighted by Crippen LogP contribution is 2.10. The molecule has 0 radical (unpaired) electrons. The minimum Gasteiger partial charge on any atom is -0.378 e. The first-order valence-corrected chi connectivity index (χ1v) is 5.88. The zero-order chi connectivity index (χ0) is 12.1. The molecule has 0 aliphatic carbocycles. The summed E-state index contributed by atoms with van der Waals surface area (Å²) in [6.07, 6.45) is 1.66. The maximum atomic E-state index is 12.2. The van der Waals surface area contributed by atoms with Gasteiger partial charge in [-0.3, -0.25) is 4.79 Å². The summed E-state index contributed by atoms with van der Waals surface area (Å²) in [7, 11) is 0. The van der Waals surface area contributed by atoms with Crippen molar-refractivity contribution in [3.63, 3.8) is 0 Å². The van der Waals surface area contributed by atoms with Crippen molar-refractivity contribution < 1.29 is 9.53 Å². The first kappa shape index (κ1) is 11.9. The normalized spacial score (nSPS) is 15.7. The van der Waals surface area contributed by atoms with E-state index in [1.54, 1.807) is 18.3 Å². The van der Waals surface area contributed by atoms with Crippen LogP contribution in [0.4, 0.5) is 5.82 Å². The predicted octanol–water partition coefficient (Wildman–Crippen LogP) is 0.986. The Morgan fingerprint density at radius 3 is 3.00 bits per heavy atom. The number of hydrogen-bond donors (Lipinski definition) is 1. The number of rotatable bonds is 3. The van der Waals surface area contributed by atoms with E-state index < -0.39 is 0 Å². The van der Waals surface area contributed by atoms with Gasteiger partial charge in [-0.1, -0.05) is 0 Å². The molecule has 0 saturated carbocycles. The maximum Gasteiger partial charge on any atom is 0.254 e. The Morgan fingerprint density at radius 1 is 1.53 bits per heavy atom. The van der Waals surface area contributed by atoms with Gasteiger partial charge in [0.25, 0.3) is 5.91 Å². The lowest BCUT2D eigenvalue weighted by Crippen LogP contribution is -2.40. The molecule has 92 valence electrons. The van der Waals surface area contributed by atoms with Crippen molar-refractivity contribution in [3.05, 3.63) is 23.9 Å².